The Morgan fingerprint density at radius 2 is 1.59 bits per heavy atom. The van der Waals surface area contributed by atoms with Crippen LogP contribution in [0.1, 0.15) is 62.1 Å². The summed E-state index contributed by atoms with van der Waals surface area (Å²) in [6, 6.07) is 28.2. The molecule has 0 unspecified atom stereocenters. The monoisotopic (exact) mass is 616 g/mol. The lowest BCUT2D eigenvalue weighted by Crippen LogP contribution is -2.47. The molecule has 46 heavy (non-hydrogen) atoms. The molecule has 0 aromatic heterocycles. The van der Waals surface area contributed by atoms with Gasteiger partial charge in [-0.3, -0.25) is 19.4 Å². The van der Waals surface area contributed by atoms with Crippen LogP contribution in [0.3, 0.4) is 0 Å². The highest BCUT2D eigenvalue weighted by atomic mass is 16.5. The summed E-state index contributed by atoms with van der Waals surface area (Å²) in [5, 5.41) is 10.5. The molecule has 0 spiro atoms. The normalized spacial score (nSPS) is 25.7. The lowest BCUT2D eigenvalue weighted by atomic mass is 9.69. The maximum Gasteiger partial charge on any atom is 0.234 e. The number of carbonyl (C=O) groups is 2. The number of allylic oxidation sites excluding steroid dienone is 2. The highest BCUT2D eigenvalue weighted by Gasteiger charge is 2.58. The maximum absolute atomic E-state index is 14.1. The minimum absolute atomic E-state index is 0.0164. The van der Waals surface area contributed by atoms with Crippen LogP contribution >= 0.6 is 0 Å². The van der Waals surface area contributed by atoms with Gasteiger partial charge in [0.15, 0.2) is 0 Å². The average Bonchev–Trinajstić information content (AvgIpc) is 3.62. The number of imide groups is 1. The van der Waals surface area contributed by atoms with Crippen molar-refractivity contribution in [3.8, 4) is 5.75 Å². The first-order chi connectivity index (χ1) is 22.5. The number of amides is 2. The predicted octanol–water partition coefficient (Wildman–Crippen LogP) is 7.10. The Morgan fingerprint density at radius 1 is 0.891 bits per heavy atom. The lowest BCUT2D eigenvalue weighted by Gasteiger charge is -2.36. The molecule has 238 valence electrons. The first-order valence-electron chi connectivity index (χ1n) is 17.0. The number of rotatable bonds is 9. The Morgan fingerprint density at radius 3 is 2.30 bits per heavy atom. The minimum atomic E-state index is -0.310. The van der Waals surface area contributed by atoms with Crippen molar-refractivity contribution in [2.24, 2.45) is 17.8 Å². The van der Waals surface area contributed by atoms with E-state index in [-0.39, 0.29) is 47.5 Å². The molecule has 6 nitrogen and oxygen atoms in total. The number of ether oxygens (including phenoxy) is 1. The molecular formula is C40H44N2O4. The first kappa shape index (κ1) is 30.6. The maximum atomic E-state index is 14.1. The number of carbonyl (C=O) groups excluding carboxylic acids is 2. The molecule has 2 amide bonds. The van der Waals surface area contributed by atoms with Gasteiger partial charge in [-0.1, -0.05) is 91.4 Å². The van der Waals surface area contributed by atoms with Gasteiger partial charge in [0, 0.05) is 37.2 Å². The van der Waals surface area contributed by atoms with Gasteiger partial charge in [-0.2, -0.15) is 0 Å². The molecule has 4 aliphatic rings. The van der Waals surface area contributed by atoms with Gasteiger partial charge in [0.05, 0.1) is 24.5 Å². The Bertz CT molecular complexity index is 1620. The van der Waals surface area contributed by atoms with Gasteiger partial charge in [-0.25, -0.2) is 0 Å². The summed E-state index contributed by atoms with van der Waals surface area (Å²) in [6.07, 6.45) is 6.76. The van der Waals surface area contributed by atoms with E-state index in [1.54, 1.807) is 11.0 Å². The summed E-state index contributed by atoms with van der Waals surface area (Å²) < 4.78 is 6.51. The van der Waals surface area contributed by atoms with Gasteiger partial charge in [-0.05, 0) is 72.9 Å². The van der Waals surface area contributed by atoms with Crippen LogP contribution in [0.4, 0.5) is 0 Å². The second kappa shape index (κ2) is 13.4. The van der Waals surface area contributed by atoms with Crippen LogP contribution in [0.2, 0.25) is 0 Å². The molecule has 7 rings (SSSR count). The van der Waals surface area contributed by atoms with Crippen LogP contribution in [0.25, 0.3) is 11.6 Å². The van der Waals surface area contributed by atoms with Gasteiger partial charge in [0.1, 0.15) is 5.75 Å². The second-order valence-corrected chi connectivity index (χ2v) is 13.3. The molecule has 3 aliphatic heterocycles. The molecule has 4 atom stereocenters. The fraction of sp³-hybridized carbons (Fsp3) is 0.400. The smallest absolute Gasteiger partial charge is 0.234 e. The van der Waals surface area contributed by atoms with Gasteiger partial charge < -0.3 is 9.84 Å². The zero-order valence-electron chi connectivity index (χ0n) is 26.7. The molecule has 1 aliphatic carbocycles. The highest BCUT2D eigenvalue weighted by Crippen LogP contribution is 2.51. The van der Waals surface area contributed by atoms with E-state index in [9.17, 15) is 14.7 Å². The SMILES string of the molecule is CCC1=C2[C@@H](CC/C(=C/c3ccccc3O)c3ccccc3)OC[C@@H]2[C@@H]2C(=O)N(C3CCN(Cc4ccccc4)CC3)C(=O)[C@@H]2C1. The molecule has 6 heteroatoms. The van der Waals surface area contributed by atoms with Crippen molar-refractivity contribution < 1.29 is 19.4 Å². The van der Waals surface area contributed by atoms with Crippen LogP contribution in [0, 0.1) is 17.8 Å². The fourth-order valence-electron chi connectivity index (χ4n) is 8.41. The Labute approximate surface area is 272 Å². The molecule has 0 saturated carbocycles. The topological polar surface area (TPSA) is 70.1 Å². The Hall–Kier alpha value is -4.00. The molecular weight excluding hydrogens is 572 g/mol. The quantitative estimate of drug-likeness (QED) is 0.158. The Balaban J connectivity index is 1.06. The van der Waals surface area contributed by atoms with Gasteiger partial charge >= 0.3 is 0 Å². The third-order valence-corrected chi connectivity index (χ3v) is 10.7. The number of aromatic hydroxyl groups is 1. The van der Waals surface area contributed by atoms with Crippen molar-refractivity contribution in [1.29, 1.82) is 0 Å². The number of hydrogen-bond donors (Lipinski definition) is 1. The van der Waals surface area contributed by atoms with Crippen molar-refractivity contribution in [1.82, 2.24) is 9.80 Å². The van der Waals surface area contributed by atoms with Crippen LogP contribution in [-0.4, -0.2) is 58.6 Å². The number of fused-ring (bicyclic) bond motifs is 3. The molecule has 3 aromatic rings. The summed E-state index contributed by atoms with van der Waals surface area (Å²) in [5.74, 6) is -0.263. The van der Waals surface area contributed by atoms with Crippen molar-refractivity contribution in [2.75, 3.05) is 19.7 Å². The third kappa shape index (κ3) is 5.96. The van der Waals surface area contributed by atoms with E-state index >= 15 is 0 Å². The molecule has 0 bridgehead atoms. The van der Waals surface area contributed by atoms with Gasteiger partial charge in [0.25, 0.3) is 0 Å². The summed E-state index contributed by atoms with van der Waals surface area (Å²) in [6.45, 7) is 5.36. The number of hydrogen-bond acceptors (Lipinski definition) is 5. The number of para-hydroxylation sites is 1. The van der Waals surface area contributed by atoms with E-state index in [4.69, 9.17) is 4.74 Å². The van der Waals surface area contributed by atoms with Crippen LogP contribution < -0.4 is 0 Å². The van der Waals surface area contributed by atoms with Crippen molar-refractivity contribution in [3.05, 3.63) is 113 Å². The summed E-state index contributed by atoms with van der Waals surface area (Å²) >= 11 is 0. The summed E-state index contributed by atoms with van der Waals surface area (Å²) in [4.78, 5) is 32.2. The standard InChI is InChI=1S/C40H44N2O4/c1-2-28-24-33-38(40(45)42(39(33)44)32-19-21-41(22-20-32)25-27-11-5-3-6-12-27)34-26-46-36(37(28)34)18-17-30(29-13-7-4-8-14-29)23-31-15-9-10-16-35(31)43/h3-16,23,32-34,36,38,43H,2,17-22,24-26H2,1H3/b30-23-/t33-,34+,36-,38-/m1/s1. The Kier molecular flexibility index (Phi) is 8.92. The number of phenolic OH excluding ortho intramolecular Hbond substituents is 1. The van der Waals surface area contributed by atoms with E-state index in [0.29, 0.717) is 13.0 Å². The molecule has 3 saturated heterocycles. The summed E-state index contributed by atoms with van der Waals surface area (Å²) in [7, 11) is 0. The molecule has 0 radical (unpaired) electrons. The van der Waals surface area contributed by atoms with Crippen LogP contribution in [-0.2, 0) is 20.9 Å². The molecule has 3 aromatic carbocycles. The highest BCUT2D eigenvalue weighted by molar-refractivity contribution is 6.06. The van der Waals surface area contributed by atoms with E-state index in [1.807, 2.05) is 42.5 Å². The summed E-state index contributed by atoms with van der Waals surface area (Å²) in [5.41, 5.74) is 6.93. The van der Waals surface area contributed by atoms with Crippen molar-refractivity contribution >= 4 is 23.5 Å². The van der Waals surface area contributed by atoms with E-state index < -0.39 is 0 Å². The number of benzene rings is 3. The van der Waals surface area contributed by atoms with E-state index in [1.165, 1.54) is 16.7 Å². The lowest BCUT2D eigenvalue weighted by molar-refractivity contribution is -0.144. The zero-order valence-corrected chi connectivity index (χ0v) is 26.7. The van der Waals surface area contributed by atoms with Gasteiger partial charge in [-0.15, -0.1) is 0 Å². The number of nitrogens with zero attached hydrogens (tertiary/aromatic N) is 2. The van der Waals surface area contributed by atoms with Crippen LogP contribution in [0.15, 0.2) is 96.1 Å². The zero-order chi connectivity index (χ0) is 31.6. The molecule has 3 heterocycles. The second-order valence-electron chi connectivity index (χ2n) is 13.3. The van der Waals surface area contributed by atoms with Gasteiger partial charge in [0.2, 0.25) is 11.8 Å². The van der Waals surface area contributed by atoms with Crippen molar-refractivity contribution in [2.45, 2.75) is 64.1 Å². The average molecular weight is 617 g/mol. The predicted molar refractivity (Wildman–Crippen MR) is 180 cm³/mol. The number of piperidine rings is 1. The first-order valence-corrected chi connectivity index (χ1v) is 17.0. The largest absolute Gasteiger partial charge is 0.507 e. The van der Waals surface area contributed by atoms with E-state index in [2.05, 4.69) is 54.3 Å². The van der Waals surface area contributed by atoms with Crippen LogP contribution in [0.5, 0.6) is 5.75 Å². The number of likely N-dealkylation sites (tertiary alicyclic amines) is 2. The number of phenols is 1. The molecule has 1 N–H and O–H groups in total. The van der Waals surface area contributed by atoms with E-state index in [0.717, 1.165) is 68.4 Å². The fourth-order valence-corrected chi connectivity index (χ4v) is 8.41. The molecule has 3 fully saturated rings. The minimum Gasteiger partial charge on any atom is -0.507 e. The van der Waals surface area contributed by atoms with Crippen molar-refractivity contribution in [3.63, 3.8) is 0 Å². The third-order valence-electron chi connectivity index (χ3n) is 10.7.